The normalized spacial score (nSPS) is 11.5. The molecule has 0 bridgehead atoms. The van der Waals surface area contributed by atoms with Crippen molar-refractivity contribution < 1.29 is 5.11 Å². The van der Waals surface area contributed by atoms with E-state index in [1.54, 1.807) is 6.07 Å². The number of H-pyrrole nitrogens is 1. The third kappa shape index (κ3) is 2.99. The zero-order chi connectivity index (χ0) is 20.9. The van der Waals surface area contributed by atoms with E-state index in [-0.39, 0.29) is 0 Å². The van der Waals surface area contributed by atoms with Gasteiger partial charge in [-0.25, -0.2) is 0 Å². The molecule has 2 N–H and O–H groups in total. The first-order chi connectivity index (χ1) is 13.9. The standard InChI is InChI=1S/C23H26N4OS/c1-6-15-11-17(13(3)10-21(15)28)22-24-25-23(29)27(22)16-8-9-20-18(12-16)14(4)19(7-2)26(20)5/h8-12,28H,6-7H2,1-5H3,(H,25,29). The first-order valence-corrected chi connectivity index (χ1v) is 10.4. The molecule has 0 fully saturated rings. The molecule has 0 saturated carbocycles. The summed E-state index contributed by atoms with van der Waals surface area (Å²) >= 11 is 5.58. The molecule has 0 spiro atoms. The number of phenolic OH excluding ortho intramolecular Hbond substituents is 1. The number of aryl methyl sites for hydroxylation is 4. The summed E-state index contributed by atoms with van der Waals surface area (Å²) in [7, 11) is 2.12. The number of benzene rings is 2. The fraction of sp³-hybridized carbons (Fsp3) is 0.304. The van der Waals surface area contributed by atoms with Crippen molar-refractivity contribution in [1.82, 2.24) is 19.3 Å². The van der Waals surface area contributed by atoms with Crippen LogP contribution in [0, 0.1) is 18.6 Å². The van der Waals surface area contributed by atoms with Gasteiger partial charge < -0.3 is 9.67 Å². The molecule has 150 valence electrons. The van der Waals surface area contributed by atoms with Gasteiger partial charge in [-0.05, 0) is 85.9 Å². The predicted molar refractivity (Wildman–Crippen MR) is 121 cm³/mol. The summed E-state index contributed by atoms with van der Waals surface area (Å²) in [4.78, 5) is 0. The van der Waals surface area contributed by atoms with Crippen LogP contribution in [-0.2, 0) is 19.9 Å². The number of aromatic hydroxyl groups is 1. The first kappa shape index (κ1) is 19.5. The topological polar surface area (TPSA) is 58.8 Å². The number of aromatic amines is 1. The van der Waals surface area contributed by atoms with E-state index < -0.39 is 0 Å². The van der Waals surface area contributed by atoms with Crippen molar-refractivity contribution in [3.8, 4) is 22.8 Å². The molecule has 0 atom stereocenters. The fourth-order valence-electron chi connectivity index (χ4n) is 4.29. The van der Waals surface area contributed by atoms with Crippen LogP contribution in [0.1, 0.15) is 36.2 Å². The minimum Gasteiger partial charge on any atom is -0.508 e. The van der Waals surface area contributed by atoms with E-state index in [4.69, 9.17) is 12.2 Å². The summed E-state index contributed by atoms with van der Waals surface area (Å²) in [6.07, 6.45) is 1.74. The largest absolute Gasteiger partial charge is 0.508 e. The van der Waals surface area contributed by atoms with Gasteiger partial charge in [-0.1, -0.05) is 13.8 Å². The molecule has 5 nitrogen and oxygen atoms in total. The van der Waals surface area contributed by atoms with Crippen LogP contribution in [0.5, 0.6) is 5.75 Å². The SMILES string of the molecule is CCc1cc(-c2n[nH]c(=S)n2-c2ccc3c(c2)c(C)c(CC)n3C)c(C)cc1O. The van der Waals surface area contributed by atoms with Gasteiger partial charge in [0.25, 0.3) is 0 Å². The zero-order valence-corrected chi connectivity index (χ0v) is 18.3. The second kappa shape index (κ2) is 7.19. The Hall–Kier alpha value is -2.86. The summed E-state index contributed by atoms with van der Waals surface area (Å²) in [6.45, 7) is 8.38. The van der Waals surface area contributed by atoms with Crippen molar-refractivity contribution in [3.05, 3.63) is 57.5 Å². The molecule has 4 aromatic rings. The van der Waals surface area contributed by atoms with Crippen molar-refractivity contribution in [1.29, 1.82) is 0 Å². The average Bonchev–Trinajstić information content (AvgIpc) is 3.19. The number of nitrogens with zero attached hydrogens (tertiary/aromatic N) is 3. The Balaban J connectivity index is 1.96. The lowest BCUT2D eigenvalue weighted by Crippen LogP contribution is -2.00. The van der Waals surface area contributed by atoms with Gasteiger partial charge in [0.2, 0.25) is 0 Å². The maximum Gasteiger partial charge on any atom is 0.200 e. The lowest BCUT2D eigenvalue weighted by molar-refractivity contribution is 0.468. The Kier molecular flexibility index (Phi) is 4.82. The third-order valence-electron chi connectivity index (χ3n) is 5.90. The van der Waals surface area contributed by atoms with Crippen LogP contribution in [0.3, 0.4) is 0 Å². The summed E-state index contributed by atoms with van der Waals surface area (Å²) in [5.74, 6) is 1.08. The second-order valence-corrected chi connectivity index (χ2v) is 7.91. The van der Waals surface area contributed by atoms with Crippen molar-refractivity contribution in [2.45, 2.75) is 40.5 Å². The lowest BCUT2D eigenvalue weighted by atomic mass is 10.0. The molecular formula is C23H26N4OS. The highest BCUT2D eigenvalue weighted by Gasteiger charge is 2.17. The van der Waals surface area contributed by atoms with Crippen LogP contribution in [0.4, 0.5) is 0 Å². The minimum atomic E-state index is 0.322. The van der Waals surface area contributed by atoms with Gasteiger partial charge in [0, 0.05) is 29.2 Å². The van der Waals surface area contributed by atoms with E-state index in [1.165, 1.54) is 22.2 Å². The molecule has 29 heavy (non-hydrogen) atoms. The minimum absolute atomic E-state index is 0.322. The van der Waals surface area contributed by atoms with Crippen LogP contribution in [-0.4, -0.2) is 24.4 Å². The summed E-state index contributed by atoms with van der Waals surface area (Å²) in [5, 5.41) is 18.9. The van der Waals surface area contributed by atoms with E-state index in [9.17, 15) is 5.11 Å². The molecule has 2 aromatic carbocycles. The Labute approximate surface area is 175 Å². The molecule has 6 heteroatoms. The molecule has 0 saturated heterocycles. The number of aromatic nitrogens is 4. The Morgan fingerprint density at radius 1 is 1.10 bits per heavy atom. The van der Waals surface area contributed by atoms with Crippen molar-refractivity contribution in [3.63, 3.8) is 0 Å². The van der Waals surface area contributed by atoms with Crippen molar-refractivity contribution >= 4 is 23.1 Å². The Morgan fingerprint density at radius 3 is 2.55 bits per heavy atom. The van der Waals surface area contributed by atoms with Crippen LogP contribution in [0.15, 0.2) is 30.3 Å². The highest BCUT2D eigenvalue weighted by Crippen LogP contribution is 2.32. The second-order valence-electron chi connectivity index (χ2n) is 7.52. The molecule has 0 aliphatic rings. The summed E-state index contributed by atoms with van der Waals surface area (Å²) < 4.78 is 4.79. The number of hydrogen-bond donors (Lipinski definition) is 2. The highest BCUT2D eigenvalue weighted by atomic mass is 32.1. The monoisotopic (exact) mass is 406 g/mol. The van der Waals surface area contributed by atoms with E-state index in [0.717, 1.165) is 41.0 Å². The van der Waals surface area contributed by atoms with E-state index in [2.05, 4.69) is 53.9 Å². The third-order valence-corrected chi connectivity index (χ3v) is 6.17. The van der Waals surface area contributed by atoms with Gasteiger partial charge in [-0.3, -0.25) is 9.67 Å². The molecule has 4 rings (SSSR count). The molecule has 0 radical (unpaired) electrons. The van der Waals surface area contributed by atoms with Crippen molar-refractivity contribution in [2.24, 2.45) is 7.05 Å². The number of hydrogen-bond acceptors (Lipinski definition) is 3. The highest BCUT2D eigenvalue weighted by molar-refractivity contribution is 7.71. The maximum atomic E-state index is 10.2. The molecule has 0 aliphatic heterocycles. The fourth-order valence-corrected chi connectivity index (χ4v) is 4.53. The molecule has 0 unspecified atom stereocenters. The van der Waals surface area contributed by atoms with Crippen molar-refractivity contribution in [2.75, 3.05) is 0 Å². The van der Waals surface area contributed by atoms with E-state index >= 15 is 0 Å². The predicted octanol–water partition coefficient (Wildman–Crippen LogP) is 5.54. The zero-order valence-electron chi connectivity index (χ0n) is 17.5. The van der Waals surface area contributed by atoms with Gasteiger partial charge in [0.1, 0.15) is 5.75 Å². The smallest absolute Gasteiger partial charge is 0.200 e. The van der Waals surface area contributed by atoms with Crippen LogP contribution < -0.4 is 0 Å². The Bertz CT molecular complexity index is 1290. The summed E-state index contributed by atoms with van der Waals surface area (Å²) in [5.41, 5.74) is 7.66. The van der Waals surface area contributed by atoms with Crippen LogP contribution >= 0.6 is 12.2 Å². The van der Waals surface area contributed by atoms with Gasteiger partial charge in [0.05, 0.1) is 5.69 Å². The number of rotatable bonds is 4. The van der Waals surface area contributed by atoms with Gasteiger partial charge >= 0.3 is 0 Å². The van der Waals surface area contributed by atoms with E-state index in [0.29, 0.717) is 10.5 Å². The first-order valence-electron chi connectivity index (χ1n) is 9.95. The van der Waals surface area contributed by atoms with Crippen LogP contribution in [0.2, 0.25) is 0 Å². The Morgan fingerprint density at radius 2 is 1.86 bits per heavy atom. The molecular weight excluding hydrogens is 380 g/mol. The maximum absolute atomic E-state index is 10.2. The lowest BCUT2D eigenvalue weighted by Gasteiger charge is -2.12. The number of fused-ring (bicyclic) bond motifs is 1. The van der Waals surface area contributed by atoms with E-state index in [1.807, 2.05) is 24.5 Å². The van der Waals surface area contributed by atoms with Gasteiger partial charge in [-0.15, -0.1) is 0 Å². The average molecular weight is 407 g/mol. The molecule has 0 aliphatic carbocycles. The number of phenols is 1. The van der Waals surface area contributed by atoms with Crippen LogP contribution in [0.25, 0.3) is 28.0 Å². The molecule has 2 aromatic heterocycles. The summed E-state index contributed by atoms with van der Waals surface area (Å²) in [6, 6.07) is 10.2. The molecule has 2 heterocycles. The molecule has 0 amide bonds. The van der Waals surface area contributed by atoms with Gasteiger partial charge in [-0.2, -0.15) is 5.10 Å². The number of nitrogens with one attached hydrogen (secondary N) is 1. The van der Waals surface area contributed by atoms with Gasteiger partial charge in [0.15, 0.2) is 10.6 Å². The quantitative estimate of drug-likeness (QED) is 0.438.